The molecule has 0 aromatic rings. The normalized spacial score (nSPS) is 17.9. The summed E-state index contributed by atoms with van der Waals surface area (Å²) in [6.45, 7) is 7.12. The standard InChI is InChI=1S/C14H30N4O2S/c1-5-18(13-6-7-13)10-9-16-14(15-3)17-12(2)8-11-21(4,19)20/h12-13H,5-11H2,1-4H3,(H2,15,16,17). The van der Waals surface area contributed by atoms with Crippen molar-refractivity contribution in [2.45, 2.75) is 45.2 Å². The molecule has 124 valence electrons. The van der Waals surface area contributed by atoms with Gasteiger partial charge in [0.2, 0.25) is 0 Å². The Balaban J connectivity index is 2.24. The summed E-state index contributed by atoms with van der Waals surface area (Å²) in [4.78, 5) is 6.66. The number of likely N-dealkylation sites (N-methyl/N-ethyl adjacent to an activating group) is 1. The number of hydrogen-bond donors (Lipinski definition) is 2. The first-order chi connectivity index (χ1) is 9.85. The Bertz CT molecular complexity index is 432. The van der Waals surface area contributed by atoms with Gasteiger partial charge in [-0.25, -0.2) is 8.42 Å². The summed E-state index contributed by atoms with van der Waals surface area (Å²) in [5.74, 6) is 0.937. The number of aliphatic imine (C=N–C) groups is 1. The number of nitrogens with zero attached hydrogens (tertiary/aromatic N) is 2. The molecule has 0 saturated heterocycles. The van der Waals surface area contributed by atoms with Crippen molar-refractivity contribution in [3.05, 3.63) is 0 Å². The predicted octanol–water partition coefficient (Wildman–Crippen LogP) is 0.459. The SMILES string of the molecule is CCN(CCNC(=NC)NC(C)CCS(C)(=O)=O)C1CC1. The van der Waals surface area contributed by atoms with Gasteiger partial charge in [-0.3, -0.25) is 9.89 Å². The molecular formula is C14H30N4O2S. The van der Waals surface area contributed by atoms with Gasteiger partial charge in [0.15, 0.2) is 5.96 Å². The molecule has 1 rings (SSSR count). The van der Waals surface area contributed by atoms with E-state index in [1.807, 2.05) is 6.92 Å². The molecule has 0 amide bonds. The lowest BCUT2D eigenvalue weighted by Crippen LogP contribution is -2.45. The van der Waals surface area contributed by atoms with Crippen molar-refractivity contribution in [2.75, 3.05) is 38.7 Å². The first-order valence-electron chi connectivity index (χ1n) is 7.74. The maximum Gasteiger partial charge on any atom is 0.191 e. The number of nitrogens with one attached hydrogen (secondary N) is 2. The lowest BCUT2D eigenvalue weighted by Gasteiger charge is -2.22. The van der Waals surface area contributed by atoms with Crippen LogP contribution in [0.5, 0.6) is 0 Å². The average Bonchev–Trinajstić information content (AvgIpc) is 3.23. The summed E-state index contributed by atoms with van der Waals surface area (Å²) in [7, 11) is -1.17. The van der Waals surface area contributed by atoms with Crippen LogP contribution < -0.4 is 10.6 Å². The van der Waals surface area contributed by atoms with Gasteiger partial charge >= 0.3 is 0 Å². The van der Waals surface area contributed by atoms with E-state index in [9.17, 15) is 8.42 Å². The van der Waals surface area contributed by atoms with Crippen LogP contribution in [0.2, 0.25) is 0 Å². The Labute approximate surface area is 129 Å². The fourth-order valence-electron chi connectivity index (χ4n) is 2.25. The van der Waals surface area contributed by atoms with Crippen molar-refractivity contribution in [1.29, 1.82) is 0 Å². The Hall–Kier alpha value is -0.820. The van der Waals surface area contributed by atoms with Crippen LogP contribution in [-0.4, -0.2) is 70.1 Å². The summed E-state index contributed by atoms with van der Waals surface area (Å²) in [5, 5.41) is 6.52. The van der Waals surface area contributed by atoms with Crippen LogP contribution >= 0.6 is 0 Å². The Morgan fingerprint density at radius 3 is 2.57 bits per heavy atom. The molecule has 1 unspecified atom stereocenters. The van der Waals surface area contributed by atoms with E-state index in [2.05, 4.69) is 27.4 Å². The van der Waals surface area contributed by atoms with E-state index in [0.29, 0.717) is 6.42 Å². The highest BCUT2D eigenvalue weighted by Gasteiger charge is 2.27. The van der Waals surface area contributed by atoms with Crippen LogP contribution in [-0.2, 0) is 9.84 Å². The summed E-state index contributed by atoms with van der Waals surface area (Å²) in [6, 6.07) is 0.858. The summed E-state index contributed by atoms with van der Waals surface area (Å²) in [5.41, 5.74) is 0. The highest BCUT2D eigenvalue weighted by atomic mass is 32.2. The third kappa shape index (κ3) is 8.26. The molecule has 2 N–H and O–H groups in total. The summed E-state index contributed by atoms with van der Waals surface area (Å²) in [6.07, 6.45) is 4.50. The lowest BCUT2D eigenvalue weighted by atomic mass is 10.3. The quantitative estimate of drug-likeness (QED) is 0.477. The van der Waals surface area contributed by atoms with Gasteiger partial charge in [-0.1, -0.05) is 6.92 Å². The molecule has 1 fully saturated rings. The molecular weight excluding hydrogens is 288 g/mol. The molecule has 1 aliphatic carbocycles. The van der Waals surface area contributed by atoms with Gasteiger partial charge in [0.25, 0.3) is 0 Å². The highest BCUT2D eigenvalue weighted by molar-refractivity contribution is 7.90. The Morgan fingerprint density at radius 2 is 2.10 bits per heavy atom. The van der Waals surface area contributed by atoms with E-state index in [-0.39, 0.29) is 11.8 Å². The molecule has 0 aromatic heterocycles. The molecule has 21 heavy (non-hydrogen) atoms. The molecule has 7 heteroatoms. The van der Waals surface area contributed by atoms with E-state index in [1.54, 1.807) is 7.05 Å². The summed E-state index contributed by atoms with van der Waals surface area (Å²) >= 11 is 0. The van der Waals surface area contributed by atoms with Crippen molar-refractivity contribution in [2.24, 2.45) is 4.99 Å². The third-order valence-electron chi connectivity index (χ3n) is 3.69. The second-order valence-electron chi connectivity index (χ2n) is 5.82. The number of hydrogen-bond acceptors (Lipinski definition) is 4. The van der Waals surface area contributed by atoms with E-state index < -0.39 is 9.84 Å². The zero-order valence-electron chi connectivity index (χ0n) is 13.7. The minimum absolute atomic E-state index is 0.0802. The van der Waals surface area contributed by atoms with Crippen LogP contribution in [0.3, 0.4) is 0 Å². The first kappa shape index (κ1) is 18.2. The predicted molar refractivity (Wildman–Crippen MR) is 88.6 cm³/mol. The van der Waals surface area contributed by atoms with Crippen LogP contribution in [0.25, 0.3) is 0 Å². The molecule has 1 saturated carbocycles. The Morgan fingerprint density at radius 1 is 1.43 bits per heavy atom. The zero-order chi connectivity index (χ0) is 15.9. The van der Waals surface area contributed by atoms with Gasteiger partial charge in [0, 0.05) is 38.5 Å². The van der Waals surface area contributed by atoms with Gasteiger partial charge in [-0.15, -0.1) is 0 Å². The summed E-state index contributed by atoms with van der Waals surface area (Å²) < 4.78 is 22.3. The van der Waals surface area contributed by atoms with E-state index in [1.165, 1.54) is 19.1 Å². The number of sulfone groups is 1. The fraction of sp³-hybridized carbons (Fsp3) is 0.929. The largest absolute Gasteiger partial charge is 0.355 e. The molecule has 0 spiro atoms. The average molecular weight is 318 g/mol. The van der Waals surface area contributed by atoms with Crippen molar-refractivity contribution in [1.82, 2.24) is 15.5 Å². The molecule has 0 aromatic carbocycles. The smallest absolute Gasteiger partial charge is 0.191 e. The maximum atomic E-state index is 11.2. The van der Waals surface area contributed by atoms with Crippen molar-refractivity contribution < 1.29 is 8.42 Å². The van der Waals surface area contributed by atoms with Gasteiger partial charge in [0.05, 0.1) is 5.75 Å². The van der Waals surface area contributed by atoms with Crippen LogP contribution in [0, 0.1) is 0 Å². The molecule has 0 bridgehead atoms. The van der Waals surface area contributed by atoms with E-state index >= 15 is 0 Å². The van der Waals surface area contributed by atoms with Gasteiger partial charge < -0.3 is 10.6 Å². The molecule has 6 nitrogen and oxygen atoms in total. The molecule has 1 aliphatic rings. The van der Waals surface area contributed by atoms with Gasteiger partial charge in [-0.05, 0) is 32.7 Å². The second-order valence-corrected chi connectivity index (χ2v) is 8.08. The van der Waals surface area contributed by atoms with Crippen LogP contribution in [0.4, 0.5) is 0 Å². The van der Waals surface area contributed by atoms with E-state index in [0.717, 1.165) is 31.6 Å². The third-order valence-corrected chi connectivity index (χ3v) is 4.67. The minimum Gasteiger partial charge on any atom is -0.355 e. The van der Waals surface area contributed by atoms with Crippen molar-refractivity contribution in [3.8, 4) is 0 Å². The zero-order valence-corrected chi connectivity index (χ0v) is 14.5. The highest BCUT2D eigenvalue weighted by Crippen LogP contribution is 2.25. The number of rotatable bonds is 9. The molecule has 0 aliphatic heterocycles. The topological polar surface area (TPSA) is 73.8 Å². The first-order valence-corrected chi connectivity index (χ1v) is 9.80. The molecule has 0 heterocycles. The minimum atomic E-state index is -2.90. The van der Waals surface area contributed by atoms with Crippen molar-refractivity contribution in [3.63, 3.8) is 0 Å². The maximum absolute atomic E-state index is 11.2. The Kier molecular flexibility index (Phi) is 7.45. The van der Waals surface area contributed by atoms with Gasteiger partial charge in [-0.2, -0.15) is 0 Å². The van der Waals surface area contributed by atoms with Gasteiger partial charge in [0.1, 0.15) is 9.84 Å². The monoisotopic (exact) mass is 318 g/mol. The van der Waals surface area contributed by atoms with Crippen LogP contribution in [0.1, 0.15) is 33.1 Å². The second kappa shape index (κ2) is 8.58. The van der Waals surface area contributed by atoms with Crippen LogP contribution in [0.15, 0.2) is 4.99 Å². The fourth-order valence-corrected chi connectivity index (χ4v) is 3.03. The van der Waals surface area contributed by atoms with Crippen molar-refractivity contribution >= 4 is 15.8 Å². The van der Waals surface area contributed by atoms with E-state index in [4.69, 9.17) is 0 Å². The molecule has 0 radical (unpaired) electrons. The lowest BCUT2D eigenvalue weighted by molar-refractivity contribution is 0.282. The molecule has 1 atom stereocenters. The number of guanidine groups is 1.